The molecule has 3 aromatic rings. The molecule has 0 spiro atoms. The molecule has 1 aliphatic heterocycles. The van der Waals surface area contributed by atoms with Gasteiger partial charge in [0.15, 0.2) is 17.3 Å². The molecule has 0 saturated heterocycles. The lowest BCUT2D eigenvalue weighted by Crippen LogP contribution is -2.34. The van der Waals surface area contributed by atoms with Crippen LogP contribution in [0.4, 0.5) is 13.2 Å². The monoisotopic (exact) mass is 397 g/mol. The van der Waals surface area contributed by atoms with Gasteiger partial charge in [-0.1, -0.05) is 11.2 Å². The van der Waals surface area contributed by atoms with Crippen molar-refractivity contribution in [1.29, 1.82) is 0 Å². The molecule has 1 atom stereocenters. The standard InChI is InChI=1S/C16H14F3N5O2S/c17-16(18,19)9-3-4-13-21-22-14(24(13)8-9)7-20-15(25)10-6-11(26-23-10)12-2-1-5-27-12/h1-2,5-6,9H,3-4,7-8H2,(H,20,25)/t9-/m1/s1. The second-order valence-corrected chi connectivity index (χ2v) is 7.10. The van der Waals surface area contributed by atoms with Crippen LogP contribution in [0.25, 0.3) is 10.6 Å². The van der Waals surface area contributed by atoms with Gasteiger partial charge >= 0.3 is 6.18 Å². The number of thiophene rings is 1. The third kappa shape index (κ3) is 3.59. The highest BCUT2D eigenvalue weighted by molar-refractivity contribution is 7.13. The summed E-state index contributed by atoms with van der Waals surface area (Å²) < 4.78 is 45.5. The molecule has 3 aromatic heterocycles. The Morgan fingerprint density at radius 3 is 3.00 bits per heavy atom. The van der Waals surface area contributed by atoms with Crippen LogP contribution in [0, 0.1) is 5.92 Å². The van der Waals surface area contributed by atoms with Gasteiger partial charge < -0.3 is 14.4 Å². The smallest absolute Gasteiger partial charge is 0.355 e. The van der Waals surface area contributed by atoms with E-state index in [9.17, 15) is 18.0 Å². The molecule has 4 rings (SSSR count). The fraction of sp³-hybridized carbons (Fsp3) is 0.375. The zero-order valence-electron chi connectivity index (χ0n) is 13.9. The second kappa shape index (κ2) is 6.80. The van der Waals surface area contributed by atoms with Crippen LogP contribution in [0.5, 0.6) is 0 Å². The number of aryl methyl sites for hydroxylation is 1. The van der Waals surface area contributed by atoms with Crippen LogP contribution in [0.1, 0.15) is 28.6 Å². The Morgan fingerprint density at radius 1 is 1.41 bits per heavy atom. The number of rotatable bonds is 4. The van der Waals surface area contributed by atoms with E-state index < -0.39 is 18.0 Å². The van der Waals surface area contributed by atoms with Crippen LogP contribution in [0.2, 0.25) is 0 Å². The number of halogens is 3. The molecule has 0 aliphatic carbocycles. The van der Waals surface area contributed by atoms with E-state index in [1.165, 1.54) is 22.0 Å². The molecule has 27 heavy (non-hydrogen) atoms. The molecular weight excluding hydrogens is 383 g/mol. The minimum Gasteiger partial charge on any atom is -0.355 e. The molecule has 1 aliphatic rings. The molecule has 4 heterocycles. The first-order chi connectivity index (χ1) is 12.9. The lowest BCUT2D eigenvalue weighted by atomic mass is 9.99. The van der Waals surface area contributed by atoms with Gasteiger partial charge in [0.1, 0.15) is 5.82 Å². The summed E-state index contributed by atoms with van der Waals surface area (Å²) in [5, 5.41) is 16.0. The second-order valence-electron chi connectivity index (χ2n) is 6.16. The van der Waals surface area contributed by atoms with Crippen molar-refractivity contribution in [3.8, 4) is 10.6 Å². The summed E-state index contributed by atoms with van der Waals surface area (Å²) in [6.07, 6.45) is -4.06. The van der Waals surface area contributed by atoms with E-state index in [1.807, 2.05) is 17.5 Å². The van der Waals surface area contributed by atoms with Crippen molar-refractivity contribution in [2.45, 2.75) is 32.1 Å². The van der Waals surface area contributed by atoms with Gasteiger partial charge in [-0.3, -0.25) is 4.79 Å². The van der Waals surface area contributed by atoms with Crippen molar-refractivity contribution >= 4 is 17.2 Å². The molecule has 0 unspecified atom stereocenters. The van der Waals surface area contributed by atoms with Crippen molar-refractivity contribution in [3.05, 3.63) is 40.9 Å². The number of hydrogen-bond acceptors (Lipinski definition) is 6. The molecule has 1 N–H and O–H groups in total. The minimum atomic E-state index is -4.26. The number of fused-ring (bicyclic) bond motifs is 1. The van der Waals surface area contributed by atoms with E-state index in [-0.39, 0.29) is 37.4 Å². The SMILES string of the molecule is O=C(NCc1nnc2n1C[C@H](C(F)(F)F)CC2)c1cc(-c2cccs2)on1. The predicted molar refractivity (Wildman–Crippen MR) is 88.9 cm³/mol. The Bertz CT molecular complexity index is 948. The zero-order chi connectivity index (χ0) is 19.0. The first-order valence-electron chi connectivity index (χ1n) is 8.18. The maximum absolute atomic E-state index is 13.0. The Balaban J connectivity index is 1.43. The van der Waals surface area contributed by atoms with Gasteiger partial charge in [-0.05, 0) is 17.9 Å². The topological polar surface area (TPSA) is 85.8 Å². The van der Waals surface area contributed by atoms with E-state index in [1.54, 1.807) is 0 Å². The van der Waals surface area contributed by atoms with E-state index >= 15 is 0 Å². The number of alkyl halides is 3. The third-order valence-electron chi connectivity index (χ3n) is 4.40. The summed E-state index contributed by atoms with van der Waals surface area (Å²) >= 11 is 1.45. The zero-order valence-corrected chi connectivity index (χ0v) is 14.7. The number of carbonyl (C=O) groups is 1. The maximum atomic E-state index is 13.0. The van der Waals surface area contributed by atoms with Gasteiger partial charge in [0.05, 0.1) is 17.3 Å². The molecule has 0 aromatic carbocycles. The Hall–Kier alpha value is -2.69. The molecule has 0 fully saturated rings. The van der Waals surface area contributed by atoms with Crippen LogP contribution in [0.3, 0.4) is 0 Å². The number of nitrogens with one attached hydrogen (secondary N) is 1. The van der Waals surface area contributed by atoms with Crippen molar-refractivity contribution < 1.29 is 22.5 Å². The number of carbonyl (C=O) groups excluding carboxylic acids is 1. The number of nitrogens with zero attached hydrogens (tertiary/aromatic N) is 4. The van der Waals surface area contributed by atoms with Gasteiger partial charge in [-0.15, -0.1) is 21.5 Å². The maximum Gasteiger partial charge on any atom is 0.393 e. The van der Waals surface area contributed by atoms with Crippen LogP contribution in [-0.2, 0) is 19.5 Å². The molecule has 0 radical (unpaired) electrons. The Kier molecular flexibility index (Phi) is 4.46. The van der Waals surface area contributed by atoms with E-state index in [0.29, 0.717) is 11.6 Å². The molecule has 1 amide bonds. The Morgan fingerprint density at radius 2 is 2.26 bits per heavy atom. The highest BCUT2D eigenvalue weighted by Crippen LogP contribution is 2.34. The molecule has 11 heteroatoms. The third-order valence-corrected chi connectivity index (χ3v) is 5.28. The van der Waals surface area contributed by atoms with Gasteiger partial charge in [0.25, 0.3) is 5.91 Å². The van der Waals surface area contributed by atoms with E-state index in [0.717, 1.165) is 4.88 Å². The van der Waals surface area contributed by atoms with Crippen molar-refractivity contribution in [3.63, 3.8) is 0 Å². The van der Waals surface area contributed by atoms with E-state index in [4.69, 9.17) is 4.52 Å². The predicted octanol–water partition coefficient (Wildman–Crippen LogP) is 3.05. The average Bonchev–Trinajstić information content (AvgIpc) is 3.38. The molecular formula is C16H14F3N5O2S. The molecule has 0 saturated carbocycles. The van der Waals surface area contributed by atoms with E-state index in [2.05, 4.69) is 20.7 Å². The summed E-state index contributed by atoms with van der Waals surface area (Å²) in [6, 6.07) is 5.21. The first-order valence-corrected chi connectivity index (χ1v) is 9.06. The molecule has 0 bridgehead atoms. The number of aromatic nitrogens is 4. The van der Waals surface area contributed by atoms with Gasteiger partial charge in [-0.25, -0.2) is 0 Å². The van der Waals surface area contributed by atoms with Crippen LogP contribution < -0.4 is 5.32 Å². The van der Waals surface area contributed by atoms with Crippen LogP contribution >= 0.6 is 11.3 Å². The highest BCUT2D eigenvalue weighted by atomic mass is 32.1. The minimum absolute atomic E-state index is 0.00156. The highest BCUT2D eigenvalue weighted by Gasteiger charge is 2.42. The summed E-state index contributed by atoms with van der Waals surface area (Å²) in [5.74, 6) is -0.667. The fourth-order valence-corrected chi connectivity index (χ4v) is 3.62. The summed E-state index contributed by atoms with van der Waals surface area (Å²) in [4.78, 5) is 13.1. The van der Waals surface area contributed by atoms with Crippen molar-refractivity contribution in [1.82, 2.24) is 25.2 Å². The van der Waals surface area contributed by atoms with Crippen LogP contribution in [0.15, 0.2) is 28.1 Å². The lowest BCUT2D eigenvalue weighted by Gasteiger charge is -2.26. The van der Waals surface area contributed by atoms with Crippen LogP contribution in [-0.4, -0.2) is 32.0 Å². The van der Waals surface area contributed by atoms with Gasteiger partial charge in [-0.2, -0.15) is 13.2 Å². The number of hydrogen-bond donors (Lipinski definition) is 1. The largest absolute Gasteiger partial charge is 0.393 e. The average molecular weight is 397 g/mol. The quantitative estimate of drug-likeness (QED) is 0.731. The summed E-state index contributed by atoms with van der Waals surface area (Å²) in [5.41, 5.74) is 0.0879. The number of amides is 1. The molecule has 142 valence electrons. The van der Waals surface area contributed by atoms with Gasteiger partial charge in [0.2, 0.25) is 0 Å². The normalized spacial score (nSPS) is 16.9. The van der Waals surface area contributed by atoms with Gasteiger partial charge in [0, 0.05) is 19.0 Å². The van der Waals surface area contributed by atoms with Crippen molar-refractivity contribution in [2.75, 3.05) is 0 Å². The summed E-state index contributed by atoms with van der Waals surface area (Å²) in [7, 11) is 0. The lowest BCUT2D eigenvalue weighted by molar-refractivity contribution is -0.182. The summed E-state index contributed by atoms with van der Waals surface area (Å²) in [6.45, 7) is -0.277. The molecule has 7 nitrogen and oxygen atoms in total. The van der Waals surface area contributed by atoms with Crippen molar-refractivity contribution in [2.24, 2.45) is 5.92 Å². The first kappa shape index (κ1) is 17.7. The Labute approximate surface area is 155 Å². The fourth-order valence-electron chi connectivity index (χ4n) is 2.95.